The Hall–Kier alpha value is -1.45. The van der Waals surface area contributed by atoms with E-state index in [1.807, 2.05) is 18.2 Å². The topological polar surface area (TPSA) is 24.9 Å². The first-order chi connectivity index (χ1) is 9.70. The molecular formula is C16H18ClFN2. The van der Waals surface area contributed by atoms with Crippen LogP contribution in [0.25, 0.3) is 0 Å². The molecule has 20 heavy (non-hydrogen) atoms. The number of rotatable bonds is 6. The molecule has 0 saturated carbocycles. The Balaban J connectivity index is 2.19. The molecule has 0 aliphatic rings. The van der Waals surface area contributed by atoms with Crippen molar-refractivity contribution in [2.45, 2.75) is 25.8 Å². The molecule has 1 heterocycles. The van der Waals surface area contributed by atoms with Crippen LogP contribution in [-0.4, -0.2) is 11.5 Å². The van der Waals surface area contributed by atoms with Gasteiger partial charge in [0.15, 0.2) is 0 Å². The van der Waals surface area contributed by atoms with Crippen molar-refractivity contribution in [1.82, 2.24) is 10.3 Å². The van der Waals surface area contributed by atoms with Crippen LogP contribution in [0.3, 0.4) is 0 Å². The number of halogens is 2. The molecule has 2 nitrogen and oxygen atoms in total. The van der Waals surface area contributed by atoms with Gasteiger partial charge < -0.3 is 5.32 Å². The van der Waals surface area contributed by atoms with E-state index in [0.717, 1.165) is 30.5 Å². The lowest BCUT2D eigenvalue weighted by molar-refractivity contribution is 0.527. The fourth-order valence-electron chi connectivity index (χ4n) is 2.11. The van der Waals surface area contributed by atoms with Gasteiger partial charge in [-0.3, -0.25) is 4.98 Å². The lowest BCUT2D eigenvalue weighted by Crippen LogP contribution is -2.24. The van der Waals surface area contributed by atoms with Crippen LogP contribution < -0.4 is 5.32 Å². The highest BCUT2D eigenvalue weighted by Crippen LogP contribution is 2.23. The second kappa shape index (κ2) is 7.36. The Morgan fingerprint density at radius 3 is 2.65 bits per heavy atom. The van der Waals surface area contributed by atoms with E-state index in [-0.39, 0.29) is 11.9 Å². The lowest BCUT2D eigenvalue weighted by Gasteiger charge is -2.19. The number of benzene rings is 1. The van der Waals surface area contributed by atoms with Gasteiger partial charge in [-0.15, -0.1) is 0 Å². The fourth-order valence-corrected chi connectivity index (χ4v) is 2.31. The summed E-state index contributed by atoms with van der Waals surface area (Å²) >= 11 is 6.16. The van der Waals surface area contributed by atoms with Crippen molar-refractivity contribution in [3.63, 3.8) is 0 Å². The Morgan fingerprint density at radius 1 is 1.25 bits per heavy atom. The first kappa shape index (κ1) is 14.9. The minimum Gasteiger partial charge on any atom is -0.310 e. The van der Waals surface area contributed by atoms with E-state index in [4.69, 9.17) is 11.6 Å². The average Bonchev–Trinajstić information content (AvgIpc) is 2.46. The van der Waals surface area contributed by atoms with Crippen LogP contribution in [0.15, 0.2) is 42.7 Å². The molecular weight excluding hydrogens is 275 g/mol. The highest BCUT2D eigenvalue weighted by Gasteiger charge is 2.13. The Kier molecular flexibility index (Phi) is 5.50. The first-order valence-electron chi connectivity index (χ1n) is 6.78. The molecule has 4 heteroatoms. The van der Waals surface area contributed by atoms with Crippen molar-refractivity contribution in [3.8, 4) is 0 Å². The fraction of sp³-hybridized carbons (Fsp3) is 0.312. The van der Waals surface area contributed by atoms with Crippen molar-refractivity contribution in [3.05, 3.63) is 64.7 Å². The standard InChI is InChI=1S/C16H18ClFN2/c1-2-8-20-16(12-3-5-14(18)6-4-12)10-13-7-9-19-11-15(13)17/h3-7,9,11,16,20H,2,8,10H2,1H3. The summed E-state index contributed by atoms with van der Waals surface area (Å²) in [5.74, 6) is -0.218. The van der Waals surface area contributed by atoms with Gasteiger partial charge in [0, 0.05) is 18.4 Å². The van der Waals surface area contributed by atoms with Crippen molar-refractivity contribution in [2.24, 2.45) is 0 Å². The predicted octanol–water partition coefficient (Wildman–Crippen LogP) is 4.16. The third-order valence-corrected chi connectivity index (χ3v) is 3.53. The van der Waals surface area contributed by atoms with E-state index in [1.54, 1.807) is 12.4 Å². The first-order valence-corrected chi connectivity index (χ1v) is 7.15. The summed E-state index contributed by atoms with van der Waals surface area (Å²) in [5, 5.41) is 4.14. The van der Waals surface area contributed by atoms with Crippen molar-refractivity contribution in [1.29, 1.82) is 0 Å². The number of pyridine rings is 1. The molecule has 1 atom stereocenters. The zero-order valence-electron chi connectivity index (χ0n) is 11.4. The van der Waals surface area contributed by atoms with Crippen LogP contribution >= 0.6 is 11.6 Å². The molecule has 2 rings (SSSR count). The van der Waals surface area contributed by atoms with Gasteiger partial charge in [-0.05, 0) is 48.7 Å². The van der Waals surface area contributed by atoms with Crippen LogP contribution in [-0.2, 0) is 6.42 Å². The van der Waals surface area contributed by atoms with Gasteiger partial charge in [0.2, 0.25) is 0 Å². The number of aromatic nitrogens is 1. The minimum absolute atomic E-state index is 0.121. The molecule has 0 radical (unpaired) electrons. The summed E-state index contributed by atoms with van der Waals surface area (Å²) in [4.78, 5) is 4.00. The Labute approximate surface area is 124 Å². The molecule has 1 aromatic carbocycles. The van der Waals surface area contributed by atoms with Crippen LogP contribution in [0.1, 0.15) is 30.5 Å². The monoisotopic (exact) mass is 292 g/mol. The lowest BCUT2D eigenvalue weighted by atomic mass is 9.99. The van der Waals surface area contributed by atoms with Crippen LogP contribution in [0.4, 0.5) is 4.39 Å². The highest BCUT2D eigenvalue weighted by molar-refractivity contribution is 6.31. The Bertz CT molecular complexity index is 542. The molecule has 0 saturated heterocycles. The largest absolute Gasteiger partial charge is 0.310 e. The third kappa shape index (κ3) is 4.02. The molecule has 0 amide bonds. The molecule has 0 fully saturated rings. The third-order valence-electron chi connectivity index (χ3n) is 3.19. The SMILES string of the molecule is CCCNC(Cc1ccncc1Cl)c1ccc(F)cc1. The van der Waals surface area contributed by atoms with Crippen molar-refractivity contribution in [2.75, 3.05) is 6.54 Å². The molecule has 0 aliphatic carbocycles. The van der Waals surface area contributed by atoms with Crippen LogP contribution in [0.5, 0.6) is 0 Å². The molecule has 0 spiro atoms. The van der Waals surface area contributed by atoms with E-state index >= 15 is 0 Å². The van der Waals surface area contributed by atoms with E-state index in [2.05, 4.69) is 17.2 Å². The van der Waals surface area contributed by atoms with E-state index in [9.17, 15) is 4.39 Å². The number of hydrogen-bond donors (Lipinski definition) is 1. The van der Waals surface area contributed by atoms with Gasteiger partial charge in [-0.1, -0.05) is 30.7 Å². The maximum Gasteiger partial charge on any atom is 0.123 e. The zero-order valence-corrected chi connectivity index (χ0v) is 12.2. The van der Waals surface area contributed by atoms with E-state index in [1.165, 1.54) is 12.1 Å². The number of nitrogens with one attached hydrogen (secondary N) is 1. The summed E-state index contributed by atoms with van der Waals surface area (Å²) in [6.07, 6.45) is 5.19. The summed E-state index contributed by atoms with van der Waals surface area (Å²) in [6, 6.07) is 8.66. The summed E-state index contributed by atoms with van der Waals surface area (Å²) < 4.78 is 13.0. The van der Waals surface area contributed by atoms with Gasteiger partial charge in [-0.25, -0.2) is 4.39 Å². The second-order valence-corrected chi connectivity index (χ2v) is 5.14. The average molecular weight is 293 g/mol. The molecule has 106 valence electrons. The van der Waals surface area contributed by atoms with Crippen LogP contribution in [0.2, 0.25) is 5.02 Å². The number of nitrogens with zero attached hydrogens (tertiary/aromatic N) is 1. The quantitative estimate of drug-likeness (QED) is 0.865. The van der Waals surface area contributed by atoms with Crippen LogP contribution in [0, 0.1) is 5.82 Å². The predicted molar refractivity (Wildman–Crippen MR) is 80.4 cm³/mol. The maximum atomic E-state index is 13.0. The van der Waals surface area contributed by atoms with Crippen molar-refractivity contribution >= 4 is 11.6 Å². The molecule has 0 bridgehead atoms. The molecule has 2 aromatic rings. The normalized spacial score (nSPS) is 12.3. The number of hydrogen-bond acceptors (Lipinski definition) is 2. The summed E-state index contributed by atoms with van der Waals surface area (Å²) in [7, 11) is 0. The summed E-state index contributed by atoms with van der Waals surface area (Å²) in [6.45, 7) is 3.03. The Morgan fingerprint density at radius 2 is 2.00 bits per heavy atom. The summed E-state index contributed by atoms with van der Waals surface area (Å²) in [5.41, 5.74) is 2.10. The minimum atomic E-state index is -0.218. The molecule has 1 aromatic heterocycles. The van der Waals surface area contributed by atoms with Gasteiger partial charge in [-0.2, -0.15) is 0 Å². The second-order valence-electron chi connectivity index (χ2n) is 4.73. The zero-order chi connectivity index (χ0) is 14.4. The molecule has 1 unspecified atom stereocenters. The smallest absolute Gasteiger partial charge is 0.123 e. The van der Waals surface area contributed by atoms with Gasteiger partial charge in [0.1, 0.15) is 5.82 Å². The molecule has 1 N–H and O–H groups in total. The van der Waals surface area contributed by atoms with Crippen molar-refractivity contribution < 1.29 is 4.39 Å². The van der Waals surface area contributed by atoms with Gasteiger partial charge in [0.05, 0.1) is 5.02 Å². The van der Waals surface area contributed by atoms with Gasteiger partial charge >= 0.3 is 0 Å². The van der Waals surface area contributed by atoms with E-state index in [0.29, 0.717) is 5.02 Å². The van der Waals surface area contributed by atoms with E-state index < -0.39 is 0 Å². The highest BCUT2D eigenvalue weighted by atomic mass is 35.5. The maximum absolute atomic E-state index is 13.0. The van der Waals surface area contributed by atoms with Gasteiger partial charge in [0.25, 0.3) is 0 Å². The molecule has 0 aliphatic heterocycles.